The van der Waals surface area contributed by atoms with Crippen molar-refractivity contribution >= 4 is 11.8 Å². The number of aromatic nitrogens is 2. The molecule has 0 N–H and O–H groups in total. The first-order chi connectivity index (χ1) is 11.6. The van der Waals surface area contributed by atoms with Gasteiger partial charge in [0.25, 0.3) is 0 Å². The van der Waals surface area contributed by atoms with Crippen molar-refractivity contribution < 1.29 is 14.3 Å². The molecule has 0 bridgehead atoms. The van der Waals surface area contributed by atoms with Crippen LogP contribution in [0, 0.1) is 0 Å². The van der Waals surface area contributed by atoms with Gasteiger partial charge in [-0.05, 0) is 38.3 Å². The number of nitrogens with zero attached hydrogens (tertiary/aromatic N) is 2. The summed E-state index contributed by atoms with van der Waals surface area (Å²) in [6.45, 7) is 3.49. The predicted molar refractivity (Wildman–Crippen MR) is 89.5 cm³/mol. The topological polar surface area (TPSA) is 61.2 Å². The zero-order valence-electron chi connectivity index (χ0n) is 13.9. The third-order valence-corrected chi connectivity index (χ3v) is 4.34. The average molecular weight is 324 g/mol. The monoisotopic (exact) mass is 324 g/mol. The normalized spacial score (nSPS) is 15.4. The molecule has 0 fully saturated rings. The Morgan fingerprint density at radius 1 is 1.17 bits per heavy atom. The highest BCUT2D eigenvalue weighted by Gasteiger charge is 2.25. The molecule has 3 rings (SSSR count). The quantitative estimate of drug-likeness (QED) is 0.787. The fourth-order valence-electron chi connectivity index (χ4n) is 3.02. The van der Waals surface area contributed by atoms with Crippen molar-refractivity contribution in [1.29, 1.82) is 0 Å². The van der Waals surface area contributed by atoms with Crippen molar-refractivity contribution in [3.63, 3.8) is 0 Å². The number of hydrogen-bond donors (Lipinski definition) is 0. The van der Waals surface area contributed by atoms with Crippen LogP contribution in [-0.4, -0.2) is 21.5 Å². The minimum absolute atomic E-state index is 0.0264. The zero-order valence-corrected chi connectivity index (χ0v) is 13.9. The highest BCUT2D eigenvalue weighted by atomic mass is 16.5. The number of hydrogen-bond acceptors (Lipinski definition) is 4. The predicted octanol–water partition coefficient (Wildman–Crippen LogP) is 3.68. The number of carbonyl (C=O) groups is 2. The molecule has 5 heteroatoms. The molecule has 24 heavy (non-hydrogen) atoms. The molecule has 1 atom stereocenters. The lowest BCUT2D eigenvalue weighted by Crippen LogP contribution is -2.17. The van der Waals surface area contributed by atoms with Crippen LogP contribution in [-0.2, 0) is 9.53 Å². The lowest BCUT2D eigenvalue weighted by Gasteiger charge is -2.16. The summed E-state index contributed by atoms with van der Waals surface area (Å²) in [6.07, 6.45) is 3.74. The summed E-state index contributed by atoms with van der Waals surface area (Å²) in [5.74, 6) is 0.0139. The van der Waals surface area contributed by atoms with E-state index in [0.29, 0.717) is 29.9 Å². The van der Waals surface area contributed by atoms with E-state index in [1.807, 2.05) is 37.3 Å². The molecule has 0 amide bonds. The molecule has 1 aliphatic carbocycles. The third kappa shape index (κ3) is 3.15. The molecule has 0 saturated carbocycles. The van der Waals surface area contributed by atoms with E-state index in [1.54, 1.807) is 16.9 Å². The maximum Gasteiger partial charge on any atom is 0.361 e. The van der Waals surface area contributed by atoms with Crippen LogP contribution in [0.3, 0.4) is 0 Å². The van der Waals surface area contributed by atoms with Crippen LogP contribution < -0.4 is 0 Å². The Morgan fingerprint density at radius 2 is 1.92 bits per heavy atom. The molecule has 1 aromatic heterocycles. The van der Waals surface area contributed by atoms with Crippen LogP contribution in [0.15, 0.2) is 53.9 Å². The number of benzene rings is 1. The van der Waals surface area contributed by atoms with Gasteiger partial charge in [0, 0.05) is 18.2 Å². The maximum absolute atomic E-state index is 12.6. The number of esters is 1. The highest BCUT2D eigenvalue weighted by Crippen LogP contribution is 2.28. The Hall–Kier alpha value is -2.69. The second-order valence-electron chi connectivity index (χ2n) is 5.95. The zero-order chi connectivity index (χ0) is 17.1. The van der Waals surface area contributed by atoms with Gasteiger partial charge in [-0.25, -0.2) is 4.79 Å². The number of ether oxygens (including phenoxy) is 1. The first-order valence-corrected chi connectivity index (χ1v) is 8.11. The maximum atomic E-state index is 12.6. The van der Waals surface area contributed by atoms with E-state index in [9.17, 15) is 9.59 Å². The van der Waals surface area contributed by atoms with Gasteiger partial charge in [0.1, 0.15) is 11.5 Å². The Kier molecular flexibility index (Phi) is 4.60. The van der Waals surface area contributed by atoms with E-state index in [1.165, 1.54) is 6.92 Å². The molecule has 0 spiro atoms. The summed E-state index contributed by atoms with van der Waals surface area (Å²) < 4.78 is 7.17. The van der Waals surface area contributed by atoms with Crippen molar-refractivity contribution in [2.45, 2.75) is 39.2 Å². The van der Waals surface area contributed by atoms with Crippen LogP contribution in [0.2, 0.25) is 0 Å². The lowest BCUT2D eigenvalue weighted by molar-refractivity contribution is -0.113. The van der Waals surface area contributed by atoms with Gasteiger partial charge in [0.05, 0.1) is 6.04 Å². The number of carbonyl (C=O) groups excluding carboxylic acids is 2. The molecule has 0 unspecified atom stereocenters. The van der Waals surface area contributed by atoms with Crippen molar-refractivity contribution in [3.8, 4) is 0 Å². The second kappa shape index (κ2) is 6.83. The van der Waals surface area contributed by atoms with Gasteiger partial charge < -0.3 is 4.74 Å². The van der Waals surface area contributed by atoms with Gasteiger partial charge >= 0.3 is 5.97 Å². The van der Waals surface area contributed by atoms with Gasteiger partial charge in [-0.2, -0.15) is 5.10 Å². The molecule has 5 nitrogen and oxygen atoms in total. The summed E-state index contributed by atoms with van der Waals surface area (Å²) in [7, 11) is 0. The van der Waals surface area contributed by atoms with Crippen LogP contribution in [0.5, 0.6) is 0 Å². The van der Waals surface area contributed by atoms with Crippen molar-refractivity contribution in [3.05, 3.63) is 65.2 Å². The first kappa shape index (κ1) is 16.2. The number of rotatable bonds is 5. The third-order valence-electron chi connectivity index (χ3n) is 4.34. The van der Waals surface area contributed by atoms with Crippen LogP contribution in [0.1, 0.15) is 55.2 Å². The van der Waals surface area contributed by atoms with E-state index in [2.05, 4.69) is 5.10 Å². The fraction of sp³-hybridized carbons (Fsp3) is 0.316. The summed E-state index contributed by atoms with van der Waals surface area (Å²) in [4.78, 5) is 24.2. The average Bonchev–Trinajstić information content (AvgIpc) is 3.24. The van der Waals surface area contributed by atoms with Crippen LogP contribution in [0.4, 0.5) is 0 Å². The standard InChI is InChI=1S/C19H20N2O3/c1-13(15-7-4-3-5-8-15)21-17(11-12-20-21)19(23)24-18-10-6-9-16(18)14(2)22/h3-5,7-8,11-13H,6,9-10H2,1-2H3/t13-/m1/s1. The first-order valence-electron chi connectivity index (χ1n) is 8.11. The van der Waals surface area contributed by atoms with E-state index in [0.717, 1.165) is 12.0 Å². The molecule has 1 aromatic carbocycles. The molecule has 124 valence electrons. The number of allylic oxidation sites excluding steroid dienone is 2. The van der Waals surface area contributed by atoms with Gasteiger partial charge in [0.2, 0.25) is 0 Å². The van der Waals surface area contributed by atoms with Crippen molar-refractivity contribution in [2.75, 3.05) is 0 Å². The molecule has 0 aliphatic heterocycles. The largest absolute Gasteiger partial charge is 0.426 e. The Bertz CT molecular complexity index is 790. The van der Waals surface area contributed by atoms with Gasteiger partial charge in [-0.3, -0.25) is 9.48 Å². The summed E-state index contributed by atoms with van der Waals surface area (Å²) in [5.41, 5.74) is 2.07. The van der Waals surface area contributed by atoms with E-state index < -0.39 is 5.97 Å². The number of Topliss-reactive ketones (excluding diaryl/α,β-unsaturated/α-hetero) is 1. The van der Waals surface area contributed by atoms with E-state index in [4.69, 9.17) is 4.74 Å². The van der Waals surface area contributed by atoms with E-state index >= 15 is 0 Å². The molecule has 0 radical (unpaired) electrons. The Morgan fingerprint density at radius 3 is 2.62 bits per heavy atom. The van der Waals surface area contributed by atoms with Gasteiger partial charge in [-0.1, -0.05) is 30.3 Å². The van der Waals surface area contributed by atoms with Crippen LogP contribution >= 0.6 is 0 Å². The summed E-state index contributed by atoms with van der Waals surface area (Å²) in [5, 5.41) is 4.28. The minimum atomic E-state index is -0.467. The molecule has 2 aromatic rings. The Balaban J connectivity index is 1.84. The summed E-state index contributed by atoms with van der Waals surface area (Å²) >= 11 is 0. The molecular formula is C19H20N2O3. The molecule has 1 aliphatic rings. The minimum Gasteiger partial charge on any atom is -0.426 e. The SMILES string of the molecule is CC(=O)C1=C(OC(=O)c2ccnn2[C@H](C)c2ccccc2)CCC1. The molecular weight excluding hydrogens is 304 g/mol. The highest BCUT2D eigenvalue weighted by molar-refractivity contribution is 5.95. The number of ketones is 1. The fourth-order valence-corrected chi connectivity index (χ4v) is 3.02. The molecule has 0 saturated heterocycles. The molecule has 1 heterocycles. The smallest absolute Gasteiger partial charge is 0.361 e. The van der Waals surface area contributed by atoms with Gasteiger partial charge in [0.15, 0.2) is 5.78 Å². The Labute approximate surface area is 140 Å². The lowest BCUT2D eigenvalue weighted by atomic mass is 10.1. The van der Waals surface area contributed by atoms with Gasteiger partial charge in [-0.15, -0.1) is 0 Å². The summed E-state index contributed by atoms with van der Waals surface area (Å²) in [6, 6.07) is 11.4. The second-order valence-corrected chi connectivity index (χ2v) is 5.95. The van der Waals surface area contributed by atoms with Crippen molar-refractivity contribution in [2.24, 2.45) is 0 Å². The van der Waals surface area contributed by atoms with Crippen LogP contribution in [0.25, 0.3) is 0 Å². The van der Waals surface area contributed by atoms with E-state index in [-0.39, 0.29) is 11.8 Å². The van der Waals surface area contributed by atoms with Crippen molar-refractivity contribution in [1.82, 2.24) is 9.78 Å².